The van der Waals surface area contributed by atoms with Crippen molar-refractivity contribution in [2.75, 3.05) is 27.2 Å². The molecule has 2 rings (SSSR count). The number of alkyl halides is 3. The molecular weight excluding hydrogens is 745 g/mol. The number of hydrogen-bond acceptors (Lipinski definition) is 10. The highest BCUT2D eigenvalue weighted by molar-refractivity contribution is 5.92. The van der Waals surface area contributed by atoms with Crippen LogP contribution in [0.2, 0.25) is 0 Å². The van der Waals surface area contributed by atoms with Gasteiger partial charge in [-0.05, 0) is 23.0 Å². The summed E-state index contributed by atoms with van der Waals surface area (Å²) in [5.41, 5.74) is 7.39. The van der Waals surface area contributed by atoms with Crippen LogP contribution in [0.15, 0.2) is 60.7 Å². The fourth-order valence-electron chi connectivity index (χ4n) is 4.88. The molecule has 3 amide bonds. The van der Waals surface area contributed by atoms with Gasteiger partial charge in [0.15, 0.2) is 6.10 Å². The summed E-state index contributed by atoms with van der Waals surface area (Å²) in [6.07, 6.45) is -6.82. The summed E-state index contributed by atoms with van der Waals surface area (Å²) in [6, 6.07) is 15.6. The molecule has 0 fully saturated rings. The zero-order valence-corrected chi connectivity index (χ0v) is 32.2. The SMILES string of the molecule is CC[C@@H](C)[C@H](N)C(=O)N(C)CC(=O)O[C@H](Cc1ccccc1)C(=O)N[C@H](C(=O)N(C)CC(=O)O[C@H](Cc1ccccc1)C(=O)O)[C@H](C)CC.O=C(O)C(F)(F)F. The molecule has 2 aromatic rings. The second kappa shape index (κ2) is 23.4. The van der Waals surface area contributed by atoms with Crippen LogP contribution in [-0.2, 0) is 55.9 Å². The zero-order chi connectivity index (χ0) is 42.7. The Kier molecular flexibility index (Phi) is 20.3. The monoisotopic (exact) mass is 796 g/mol. The van der Waals surface area contributed by atoms with Crippen molar-refractivity contribution >= 4 is 41.6 Å². The van der Waals surface area contributed by atoms with E-state index in [9.17, 15) is 47.0 Å². The fourth-order valence-corrected chi connectivity index (χ4v) is 4.88. The van der Waals surface area contributed by atoms with E-state index in [4.69, 9.17) is 25.1 Å². The first-order valence-electron chi connectivity index (χ1n) is 17.7. The van der Waals surface area contributed by atoms with Gasteiger partial charge in [-0.1, -0.05) is 101 Å². The third kappa shape index (κ3) is 16.9. The number of nitrogens with zero attached hydrogens (tertiary/aromatic N) is 2. The molecule has 0 heterocycles. The van der Waals surface area contributed by atoms with Gasteiger partial charge in [-0.15, -0.1) is 0 Å². The van der Waals surface area contributed by atoms with Gasteiger partial charge in [0.25, 0.3) is 5.91 Å². The summed E-state index contributed by atoms with van der Waals surface area (Å²) in [7, 11) is 2.77. The molecule has 0 saturated carbocycles. The smallest absolute Gasteiger partial charge is 0.478 e. The molecule has 2 aromatic carbocycles. The third-order valence-electron chi connectivity index (χ3n) is 8.69. The fraction of sp³-hybridized carbons (Fsp3) is 0.500. The Balaban J connectivity index is 0.00000203. The number of nitrogens with two attached hydrogens (primary N) is 1. The molecule has 6 atom stereocenters. The van der Waals surface area contributed by atoms with Crippen LogP contribution < -0.4 is 11.1 Å². The summed E-state index contributed by atoms with van der Waals surface area (Å²) < 4.78 is 42.5. The highest BCUT2D eigenvalue weighted by atomic mass is 19.4. The third-order valence-corrected chi connectivity index (χ3v) is 8.69. The van der Waals surface area contributed by atoms with E-state index in [1.54, 1.807) is 67.6 Å². The Morgan fingerprint density at radius 3 is 1.50 bits per heavy atom. The molecule has 56 heavy (non-hydrogen) atoms. The highest BCUT2D eigenvalue weighted by Crippen LogP contribution is 2.15. The number of rotatable bonds is 19. The van der Waals surface area contributed by atoms with E-state index < -0.39 is 91.1 Å². The summed E-state index contributed by atoms with van der Waals surface area (Å²) in [5.74, 6) is -8.17. The van der Waals surface area contributed by atoms with Gasteiger partial charge in [0.1, 0.15) is 19.1 Å². The number of halogens is 3. The van der Waals surface area contributed by atoms with E-state index in [-0.39, 0.29) is 18.8 Å². The van der Waals surface area contributed by atoms with Crippen molar-refractivity contribution in [1.29, 1.82) is 0 Å². The molecule has 18 heteroatoms. The number of aliphatic carboxylic acids is 2. The predicted molar refractivity (Wildman–Crippen MR) is 195 cm³/mol. The molecule has 0 aliphatic heterocycles. The highest BCUT2D eigenvalue weighted by Gasteiger charge is 2.38. The molecule has 0 unspecified atom stereocenters. The van der Waals surface area contributed by atoms with Crippen LogP contribution in [0.1, 0.15) is 51.7 Å². The number of carboxylic acids is 2. The number of benzene rings is 2. The van der Waals surface area contributed by atoms with Gasteiger partial charge in [0.05, 0.1) is 6.04 Å². The lowest BCUT2D eigenvalue weighted by Crippen LogP contribution is -2.55. The van der Waals surface area contributed by atoms with Gasteiger partial charge < -0.3 is 40.5 Å². The van der Waals surface area contributed by atoms with Crippen LogP contribution in [0.3, 0.4) is 0 Å². The number of carbonyl (C=O) groups is 7. The number of carbonyl (C=O) groups excluding carboxylic acids is 5. The molecule has 0 aliphatic rings. The van der Waals surface area contributed by atoms with Gasteiger partial charge in [-0.3, -0.25) is 24.0 Å². The van der Waals surface area contributed by atoms with Crippen LogP contribution in [0, 0.1) is 11.8 Å². The number of ether oxygens (including phenoxy) is 2. The summed E-state index contributed by atoms with van der Waals surface area (Å²) in [5, 5.41) is 19.4. The van der Waals surface area contributed by atoms with Crippen molar-refractivity contribution in [3.63, 3.8) is 0 Å². The van der Waals surface area contributed by atoms with Gasteiger partial charge in [-0.2, -0.15) is 13.2 Å². The molecule has 0 saturated heterocycles. The second-order valence-corrected chi connectivity index (χ2v) is 13.1. The first-order chi connectivity index (χ1) is 26.1. The number of amides is 3. The van der Waals surface area contributed by atoms with Crippen molar-refractivity contribution in [2.45, 2.75) is 83.8 Å². The first-order valence-corrected chi connectivity index (χ1v) is 17.7. The molecule has 0 aromatic heterocycles. The Bertz CT molecular complexity index is 1610. The molecule has 5 N–H and O–H groups in total. The molecular formula is C38H51F3N4O11. The normalized spacial score (nSPS) is 14.2. The minimum Gasteiger partial charge on any atom is -0.478 e. The Morgan fingerprint density at radius 2 is 1.11 bits per heavy atom. The Hall–Kier alpha value is -5.52. The lowest BCUT2D eigenvalue weighted by atomic mass is 9.97. The van der Waals surface area contributed by atoms with Gasteiger partial charge in [0, 0.05) is 26.9 Å². The maximum Gasteiger partial charge on any atom is 0.490 e. The van der Waals surface area contributed by atoms with Crippen LogP contribution in [0.5, 0.6) is 0 Å². The quantitative estimate of drug-likeness (QED) is 0.151. The lowest BCUT2D eigenvalue weighted by molar-refractivity contribution is -0.192. The standard InChI is InChI=1S/C36H50N4O9.C2HF3O2/c1-7-23(3)31(37)34(44)39(5)21-29(41)48-27(19-25-15-11-9-12-16-25)33(43)38-32(24(4)8-2)35(45)40(6)22-30(42)49-28(36(46)47)20-26-17-13-10-14-18-26;3-2(4,5)1(6)7/h9-18,23-24,27-28,31-32H,7-8,19-22,37H2,1-6H3,(H,38,43)(H,46,47);(H,6,7)/t23-,24-,27-,28-,31+,32+;/m1./s1. The molecule has 0 radical (unpaired) electrons. The number of nitrogens with one attached hydrogen (secondary N) is 1. The number of carboxylic acid groups (broad SMARTS) is 2. The molecule has 0 bridgehead atoms. The Labute approximate surface area is 323 Å². The number of hydrogen-bond donors (Lipinski definition) is 4. The maximum absolute atomic E-state index is 13.7. The van der Waals surface area contributed by atoms with Crippen LogP contribution >= 0.6 is 0 Å². The van der Waals surface area contributed by atoms with Crippen molar-refractivity contribution in [2.24, 2.45) is 17.6 Å². The van der Waals surface area contributed by atoms with E-state index in [2.05, 4.69) is 5.32 Å². The van der Waals surface area contributed by atoms with Crippen LogP contribution in [0.25, 0.3) is 0 Å². The summed E-state index contributed by atoms with van der Waals surface area (Å²) >= 11 is 0. The zero-order valence-electron chi connectivity index (χ0n) is 32.2. The van der Waals surface area contributed by atoms with E-state index in [0.29, 0.717) is 24.0 Å². The topological polar surface area (TPSA) is 223 Å². The van der Waals surface area contributed by atoms with Gasteiger partial charge in [-0.25, -0.2) is 9.59 Å². The van der Waals surface area contributed by atoms with Crippen molar-refractivity contribution in [3.05, 3.63) is 71.8 Å². The van der Waals surface area contributed by atoms with Gasteiger partial charge in [0.2, 0.25) is 17.9 Å². The predicted octanol–water partition coefficient (Wildman–Crippen LogP) is 2.83. The number of esters is 2. The molecule has 0 aliphatic carbocycles. The number of likely N-dealkylation sites (N-methyl/N-ethyl adjacent to an activating group) is 2. The minimum absolute atomic E-state index is 0.00989. The van der Waals surface area contributed by atoms with Crippen LogP contribution in [0.4, 0.5) is 13.2 Å². The maximum atomic E-state index is 13.7. The molecule has 15 nitrogen and oxygen atoms in total. The van der Waals surface area contributed by atoms with E-state index in [1.807, 2.05) is 20.8 Å². The van der Waals surface area contributed by atoms with Crippen molar-refractivity contribution < 1.29 is 66.4 Å². The van der Waals surface area contributed by atoms with E-state index in [0.717, 1.165) is 9.80 Å². The second-order valence-electron chi connectivity index (χ2n) is 13.1. The minimum atomic E-state index is -5.08. The molecule has 310 valence electrons. The average molecular weight is 797 g/mol. The van der Waals surface area contributed by atoms with Crippen LogP contribution in [-0.4, -0.2) is 119 Å². The van der Waals surface area contributed by atoms with E-state index in [1.165, 1.54) is 14.1 Å². The average Bonchev–Trinajstić information content (AvgIpc) is 3.15. The first kappa shape index (κ1) is 48.5. The molecule has 0 spiro atoms. The van der Waals surface area contributed by atoms with Crippen molar-refractivity contribution in [1.82, 2.24) is 15.1 Å². The summed E-state index contributed by atoms with van der Waals surface area (Å²) in [4.78, 5) is 88.7. The van der Waals surface area contributed by atoms with E-state index >= 15 is 0 Å². The largest absolute Gasteiger partial charge is 0.490 e. The lowest BCUT2D eigenvalue weighted by Gasteiger charge is -2.30. The summed E-state index contributed by atoms with van der Waals surface area (Å²) in [6.45, 7) is 6.30. The van der Waals surface area contributed by atoms with Crippen molar-refractivity contribution in [3.8, 4) is 0 Å². The van der Waals surface area contributed by atoms with Gasteiger partial charge >= 0.3 is 30.1 Å². The Morgan fingerprint density at radius 1 is 0.714 bits per heavy atom.